The number of fused-ring (bicyclic) bond motifs is 1. The van der Waals surface area contributed by atoms with Crippen LogP contribution in [0.3, 0.4) is 0 Å². The second-order valence-electron chi connectivity index (χ2n) is 4.89. The number of nitrogens with zero attached hydrogens (tertiary/aromatic N) is 2. The molecule has 104 valence electrons. The first kappa shape index (κ1) is 12.6. The molecule has 20 heavy (non-hydrogen) atoms. The molecule has 1 saturated heterocycles. The zero-order valence-corrected chi connectivity index (χ0v) is 10.5. The summed E-state index contributed by atoms with van der Waals surface area (Å²) >= 11 is 0. The van der Waals surface area contributed by atoms with Crippen LogP contribution in [0.5, 0.6) is 0 Å². The number of nitrogens with one attached hydrogen (secondary N) is 1. The molecule has 1 aliphatic heterocycles. The maximum atomic E-state index is 14.0. The molecule has 1 amide bonds. The molecule has 6 nitrogen and oxygen atoms in total. The van der Waals surface area contributed by atoms with Crippen LogP contribution in [0.15, 0.2) is 24.4 Å². The minimum absolute atomic E-state index is 0.0894. The Kier molecular flexibility index (Phi) is 2.70. The van der Waals surface area contributed by atoms with Gasteiger partial charge in [-0.25, -0.2) is 9.18 Å². The van der Waals surface area contributed by atoms with E-state index in [-0.39, 0.29) is 18.9 Å². The van der Waals surface area contributed by atoms with Crippen LogP contribution in [-0.4, -0.2) is 50.8 Å². The lowest BCUT2D eigenvalue weighted by Crippen LogP contribution is -2.38. The van der Waals surface area contributed by atoms with Gasteiger partial charge in [-0.15, -0.1) is 0 Å². The number of para-hydroxylation sites is 1. The molecule has 0 spiro atoms. The van der Waals surface area contributed by atoms with Gasteiger partial charge < -0.3 is 10.0 Å². The quantitative estimate of drug-likeness (QED) is 0.863. The van der Waals surface area contributed by atoms with Crippen molar-refractivity contribution in [1.29, 1.82) is 0 Å². The lowest BCUT2D eigenvalue weighted by atomic mass is 10.1. The van der Waals surface area contributed by atoms with Gasteiger partial charge >= 0.3 is 5.97 Å². The Morgan fingerprint density at radius 3 is 2.95 bits per heavy atom. The predicted octanol–water partition coefficient (Wildman–Crippen LogP) is 1.20. The molecule has 0 aliphatic carbocycles. The third kappa shape index (κ3) is 1.82. The molecule has 7 heteroatoms. The molecule has 1 unspecified atom stereocenters. The third-order valence-electron chi connectivity index (χ3n) is 3.60. The van der Waals surface area contributed by atoms with Crippen molar-refractivity contribution in [3.63, 3.8) is 0 Å². The van der Waals surface area contributed by atoms with Crippen LogP contribution in [0, 0.1) is 0 Å². The highest BCUT2D eigenvalue weighted by Crippen LogP contribution is 2.28. The Balaban J connectivity index is 1.91. The van der Waals surface area contributed by atoms with Crippen molar-refractivity contribution in [2.24, 2.45) is 0 Å². The van der Waals surface area contributed by atoms with Crippen molar-refractivity contribution in [2.45, 2.75) is 12.1 Å². The maximum Gasteiger partial charge on any atom is 0.343 e. The molecule has 2 N–H and O–H groups in total. The standard InChI is InChI=1S/C13H12FN3O3/c14-13(12(19)20)4-5-17(7-13)11(18)9-3-1-2-8-6-15-16-10(8)9/h1-3,6H,4-5,7H2,(H,15,16)(H,19,20). The van der Waals surface area contributed by atoms with Crippen LogP contribution in [-0.2, 0) is 4.79 Å². The van der Waals surface area contributed by atoms with Crippen LogP contribution >= 0.6 is 0 Å². The van der Waals surface area contributed by atoms with Gasteiger partial charge in [0, 0.05) is 18.4 Å². The molecule has 3 rings (SSSR count). The van der Waals surface area contributed by atoms with Crippen LogP contribution < -0.4 is 0 Å². The molecule has 2 aromatic rings. The number of halogens is 1. The van der Waals surface area contributed by atoms with Gasteiger partial charge in [0.05, 0.1) is 23.8 Å². The number of aromatic amines is 1. The Morgan fingerprint density at radius 2 is 2.25 bits per heavy atom. The smallest absolute Gasteiger partial charge is 0.343 e. The van der Waals surface area contributed by atoms with Crippen LogP contribution in [0.25, 0.3) is 10.9 Å². The van der Waals surface area contributed by atoms with Gasteiger partial charge in [0.15, 0.2) is 0 Å². The fraction of sp³-hybridized carbons (Fsp3) is 0.308. The van der Waals surface area contributed by atoms with E-state index in [4.69, 9.17) is 5.11 Å². The summed E-state index contributed by atoms with van der Waals surface area (Å²) < 4.78 is 14.0. The normalized spacial score (nSPS) is 22.4. The number of rotatable bonds is 2. The highest BCUT2D eigenvalue weighted by Gasteiger charge is 2.47. The van der Waals surface area contributed by atoms with E-state index in [0.717, 1.165) is 5.39 Å². The topological polar surface area (TPSA) is 86.3 Å². The van der Waals surface area contributed by atoms with Gasteiger partial charge in [0.25, 0.3) is 5.91 Å². The number of aliphatic carboxylic acids is 1. The minimum Gasteiger partial charge on any atom is -0.479 e. The first-order chi connectivity index (χ1) is 9.51. The van der Waals surface area contributed by atoms with Gasteiger partial charge in [0.1, 0.15) is 0 Å². The molecule has 1 aliphatic rings. The lowest BCUT2D eigenvalue weighted by Gasteiger charge is -2.18. The number of carbonyl (C=O) groups is 2. The number of carboxylic acid groups (broad SMARTS) is 1. The summed E-state index contributed by atoms with van der Waals surface area (Å²) in [5.74, 6) is -1.91. The molecule has 0 saturated carbocycles. The summed E-state index contributed by atoms with van der Waals surface area (Å²) in [6.07, 6.45) is 1.40. The van der Waals surface area contributed by atoms with E-state index in [1.165, 1.54) is 4.90 Å². The maximum absolute atomic E-state index is 14.0. The summed E-state index contributed by atoms with van der Waals surface area (Å²) in [7, 11) is 0. The number of hydrogen-bond acceptors (Lipinski definition) is 3. The first-order valence-corrected chi connectivity index (χ1v) is 6.15. The molecule has 1 atom stereocenters. The van der Waals surface area contributed by atoms with E-state index in [2.05, 4.69) is 10.2 Å². The number of benzene rings is 1. The Hall–Kier alpha value is -2.44. The SMILES string of the molecule is O=C(c1cccc2cn[nH]c12)N1CCC(F)(C(=O)O)C1. The average molecular weight is 277 g/mol. The van der Waals surface area contributed by atoms with Crippen molar-refractivity contribution >= 4 is 22.8 Å². The second-order valence-corrected chi connectivity index (χ2v) is 4.89. The third-order valence-corrected chi connectivity index (χ3v) is 3.60. The highest BCUT2D eigenvalue weighted by atomic mass is 19.1. The zero-order chi connectivity index (χ0) is 14.3. The number of carbonyl (C=O) groups excluding carboxylic acids is 1. The van der Waals surface area contributed by atoms with Gasteiger partial charge in [0.2, 0.25) is 5.67 Å². The van der Waals surface area contributed by atoms with E-state index in [9.17, 15) is 14.0 Å². The number of aromatic nitrogens is 2. The minimum atomic E-state index is -2.35. The number of hydrogen-bond donors (Lipinski definition) is 2. The lowest BCUT2D eigenvalue weighted by molar-refractivity contribution is -0.149. The second kappa shape index (κ2) is 4.29. The largest absolute Gasteiger partial charge is 0.479 e. The summed E-state index contributed by atoms with van der Waals surface area (Å²) in [6, 6.07) is 5.12. The van der Waals surface area contributed by atoms with E-state index in [1.807, 2.05) is 0 Å². The van der Waals surface area contributed by atoms with Crippen molar-refractivity contribution in [3.8, 4) is 0 Å². The van der Waals surface area contributed by atoms with Crippen LogP contribution in [0.1, 0.15) is 16.8 Å². The Bertz CT molecular complexity index is 699. The summed E-state index contributed by atoms with van der Waals surface area (Å²) in [5.41, 5.74) is -1.41. The number of H-pyrrole nitrogens is 1. The molecule has 0 radical (unpaired) electrons. The first-order valence-electron chi connectivity index (χ1n) is 6.15. The molecule has 1 aromatic carbocycles. The van der Waals surface area contributed by atoms with E-state index in [0.29, 0.717) is 11.1 Å². The van der Waals surface area contributed by atoms with Gasteiger partial charge in [-0.05, 0) is 6.07 Å². The number of carboxylic acids is 1. The monoisotopic (exact) mass is 277 g/mol. The summed E-state index contributed by atoms with van der Waals surface area (Å²) in [4.78, 5) is 24.5. The average Bonchev–Trinajstić information content (AvgIpc) is 3.04. The molecule has 0 bridgehead atoms. The van der Waals surface area contributed by atoms with E-state index >= 15 is 0 Å². The number of likely N-dealkylation sites (tertiary alicyclic amines) is 1. The summed E-state index contributed by atoms with van der Waals surface area (Å²) in [6.45, 7) is -0.335. The van der Waals surface area contributed by atoms with Crippen molar-refractivity contribution < 1.29 is 19.1 Å². The highest BCUT2D eigenvalue weighted by molar-refractivity contribution is 6.05. The molecule has 2 heterocycles. The number of amides is 1. The van der Waals surface area contributed by atoms with Crippen molar-refractivity contribution in [3.05, 3.63) is 30.0 Å². The zero-order valence-electron chi connectivity index (χ0n) is 10.5. The summed E-state index contributed by atoms with van der Waals surface area (Å²) in [5, 5.41) is 16.2. The number of alkyl halides is 1. The molecule has 1 aromatic heterocycles. The van der Waals surface area contributed by atoms with E-state index < -0.39 is 18.2 Å². The fourth-order valence-corrected chi connectivity index (χ4v) is 2.44. The van der Waals surface area contributed by atoms with Crippen molar-refractivity contribution in [2.75, 3.05) is 13.1 Å². The van der Waals surface area contributed by atoms with Gasteiger partial charge in [-0.2, -0.15) is 5.10 Å². The predicted molar refractivity (Wildman–Crippen MR) is 68.1 cm³/mol. The Labute approximate surface area is 113 Å². The molecule has 1 fully saturated rings. The molecular formula is C13H12FN3O3. The van der Waals surface area contributed by atoms with Crippen LogP contribution in [0.4, 0.5) is 4.39 Å². The van der Waals surface area contributed by atoms with Crippen molar-refractivity contribution in [1.82, 2.24) is 15.1 Å². The van der Waals surface area contributed by atoms with Crippen LogP contribution in [0.2, 0.25) is 0 Å². The van der Waals surface area contributed by atoms with Gasteiger partial charge in [-0.3, -0.25) is 9.89 Å². The fourth-order valence-electron chi connectivity index (χ4n) is 2.44. The Morgan fingerprint density at radius 1 is 1.45 bits per heavy atom. The molecular weight excluding hydrogens is 265 g/mol. The van der Waals surface area contributed by atoms with Gasteiger partial charge in [-0.1, -0.05) is 12.1 Å². The van der Waals surface area contributed by atoms with E-state index in [1.54, 1.807) is 24.4 Å².